The number of carbonyl (C=O) groups excluding carboxylic acids is 1. The van der Waals surface area contributed by atoms with E-state index in [0.717, 1.165) is 43.9 Å². The van der Waals surface area contributed by atoms with Crippen LogP contribution >= 0.6 is 11.6 Å². The second-order valence-electron chi connectivity index (χ2n) is 5.39. The van der Waals surface area contributed by atoms with Gasteiger partial charge >= 0.3 is 0 Å². The molecule has 0 spiro atoms. The Morgan fingerprint density at radius 3 is 2.95 bits per heavy atom. The van der Waals surface area contributed by atoms with Crippen LogP contribution in [0, 0.1) is 6.92 Å². The smallest absolute Gasteiger partial charge is 0.260 e. The van der Waals surface area contributed by atoms with E-state index in [1.165, 1.54) is 4.90 Å². The van der Waals surface area contributed by atoms with Crippen LogP contribution < -0.4 is 9.64 Å². The molecule has 1 saturated heterocycles. The molecule has 1 fully saturated rings. The average molecular weight is 298 g/mol. The minimum atomic E-state index is 0.0639. The average Bonchev–Trinajstić information content (AvgIpc) is 2.62. The third kappa shape index (κ3) is 4.12. The molecule has 0 saturated carbocycles. The highest BCUT2D eigenvalue weighted by Crippen LogP contribution is 2.21. The summed E-state index contributed by atoms with van der Waals surface area (Å²) in [4.78, 5) is 15.6. The molecule has 1 amide bonds. The largest absolute Gasteiger partial charge is 0.483 e. The molecule has 1 N–H and O–H groups in total. The zero-order valence-corrected chi connectivity index (χ0v) is 12.9. The number of quaternary nitrogens is 1. The van der Waals surface area contributed by atoms with Crippen molar-refractivity contribution in [2.45, 2.75) is 13.3 Å². The van der Waals surface area contributed by atoms with E-state index in [-0.39, 0.29) is 12.5 Å². The van der Waals surface area contributed by atoms with Crippen LogP contribution in [0.15, 0.2) is 18.2 Å². The molecule has 4 nitrogen and oxygen atoms in total. The number of benzene rings is 1. The van der Waals surface area contributed by atoms with E-state index in [1.807, 2.05) is 24.0 Å². The molecule has 1 aromatic carbocycles. The monoisotopic (exact) mass is 297 g/mol. The number of ether oxygens (including phenoxy) is 1. The Kier molecular flexibility index (Phi) is 5.26. The van der Waals surface area contributed by atoms with E-state index in [0.29, 0.717) is 5.02 Å². The lowest BCUT2D eigenvalue weighted by Crippen LogP contribution is -3.09. The van der Waals surface area contributed by atoms with Crippen molar-refractivity contribution < 1.29 is 14.4 Å². The van der Waals surface area contributed by atoms with Gasteiger partial charge in [0.15, 0.2) is 6.61 Å². The highest BCUT2D eigenvalue weighted by molar-refractivity contribution is 6.30. The summed E-state index contributed by atoms with van der Waals surface area (Å²) in [6, 6.07) is 5.43. The predicted octanol–water partition coefficient (Wildman–Crippen LogP) is 0.774. The summed E-state index contributed by atoms with van der Waals surface area (Å²) < 4.78 is 5.62. The molecule has 1 unspecified atom stereocenters. The number of amides is 1. The van der Waals surface area contributed by atoms with Gasteiger partial charge in [0.05, 0.1) is 26.7 Å². The molecule has 20 heavy (non-hydrogen) atoms. The fourth-order valence-electron chi connectivity index (χ4n) is 2.39. The second kappa shape index (κ2) is 6.95. The van der Waals surface area contributed by atoms with E-state index in [1.54, 1.807) is 6.07 Å². The summed E-state index contributed by atoms with van der Waals surface area (Å²) >= 11 is 5.90. The minimum Gasteiger partial charge on any atom is -0.483 e. The molecule has 0 aromatic heterocycles. The number of rotatable bonds is 3. The lowest BCUT2D eigenvalue weighted by atomic mass is 10.2. The molecular weight excluding hydrogens is 276 g/mol. The van der Waals surface area contributed by atoms with E-state index in [4.69, 9.17) is 16.3 Å². The van der Waals surface area contributed by atoms with Crippen LogP contribution in [-0.4, -0.2) is 50.6 Å². The zero-order chi connectivity index (χ0) is 14.5. The molecule has 1 heterocycles. The van der Waals surface area contributed by atoms with Gasteiger partial charge in [-0.05, 0) is 30.7 Å². The van der Waals surface area contributed by atoms with Gasteiger partial charge in [0, 0.05) is 18.0 Å². The molecule has 110 valence electrons. The Bertz CT molecular complexity index is 479. The third-order valence-electron chi connectivity index (χ3n) is 3.68. The van der Waals surface area contributed by atoms with Crippen molar-refractivity contribution in [3.8, 4) is 5.75 Å². The van der Waals surface area contributed by atoms with Gasteiger partial charge in [0.25, 0.3) is 5.91 Å². The standard InChI is InChI=1S/C15H21ClN2O2/c1-12-10-13(16)4-5-14(12)20-11-15(19)18-7-3-6-17(2)8-9-18/h4-5,10H,3,6-9,11H2,1-2H3/p+1. The Morgan fingerprint density at radius 1 is 1.40 bits per heavy atom. The lowest BCUT2D eigenvalue weighted by Gasteiger charge is -2.19. The van der Waals surface area contributed by atoms with Gasteiger partial charge in [-0.2, -0.15) is 0 Å². The Morgan fingerprint density at radius 2 is 2.20 bits per heavy atom. The molecule has 0 bridgehead atoms. The first-order valence-corrected chi connectivity index (χ1v) is 7.42. The molecule has 1 aliphatic heterocycles. The molecule has 0 aliphatic carbocycles. The van der Waals surface area contributed by atoms with E-state index >= 15 is 0 Å². The lowest BCUT2D eigenvalue weighted by molar-refractivity contribution is -0.877. The van der Waals surface area contributed by atoms with Gasteiger partial charge in [-0.3, -0.25) is 4.79 Å². The van der Waals surface area contributed by atoms with Crippen molar-refractivity contribution in [2.75, 3.05) is 39.8 Å². The van der Waals surface area contributed by atoms with Crippen LogP contribution in [0.1, 0.15) is 12.0 Å². The summed E-state index contributed by atoms with van der Waals surface area (Å²) in [5, 5.41) is 0.680. The summed E-state index contributed by atoms with van der Waals surface area (Å²) in [6.07, 6.45) is 1.05. The van der Waals surface area contributed by atoms with E-state index < -0.39 is 0 Å². The number of likely N-dealkylation sites (N-methyl/N-ethyl adjacent to an activating group) is 1. The molecular formula is C15H22ClN2O2+. The van der Waals surface area contributed by atoms with Crippen LogP contribution in [0.3, 0.4) is 0 Å². The fraction of sp³-hybridized carbons (Fsp3) is 0.533. The number of hydrogen-bond acceptors (Lipinski definition) is 2. The number of aryl methyl sites for hydroxylation is 1. The quantitative estimate of drug-likeness (QED) is 0.894. The van der Waals surface area contributed by atoms with Gasteiger partial charge in [-0.1, -0.05) is 11.6 Å². The number of hydrogen-bond donors (Lipinski definition) is 1. The fourth-order valence-corrected chi connectivity index (χ4v) is 2.62. The van der Waals surface area contributed by atoms with Crippen LogP contribution in [0.25, 0.3) is 0 Å². The zero-order valence-electron chi connectivity index (χ0n) is 12.1. The first kappa shape index (κ1) is 15.1. The highest BCUT2D eigenvalue weighted by Gasteiger charge is 2.19. The van der Waals surface area contributed by atoms with Gasteiger partial charge in [0.2, 0.25) is 0 Å². The van der Waals surface area contributed by atoms with Gasteiger partial charge in [-0.15, -0.1) is 0 Å². The van der Waals surface area contributed by atoms with Crippen molar-refractivity contribution in [2.24, 2.45) is 0 Å². The maximum absolute atomic E-state index is 12.2. The number of halogens is 1. The van der Waals surface area contributed by atoms with Gasteiger partial charge in [0.1, 0.15) is 5.75 Å². The Labute approximate surface area is 125 Å². The van der Waals surface area contributed by atoms with E-state index in [2.05, 4.69) is 7.05 Å². The molecule has 1 aliphatic rings. The Balaban J connectivity index is 1.88. The van der Waals surface area contributed by atoms with Crippen LogP contribution in [0.5, 0.6) is 5.75 Å². The molecule has 1 atom stereocenters. The first-order valence-electron chi connectivity index (χ1n) is 7.04. The van der Waals surface area contributed by atoms with Crippen molar-refractivity contribution in [3.05, 3.63) is 28.8 Å². The van der Waals surface area contributed by atoms with Gasteiger partial charge in [-0.25, -0.2) is 0 Å². The summed E-state index contributed by atoms with van der Waals surface area (Å²) in [5.41, 5.74) is 0.949. The van der Waals surface area contributed by atoms with E-state index in [9.17, 15) is 4.79 Å². The maximum Gasteiger partial charge on any atom is 0.260 e. The predicted molar refractivity (Wildman–Crippen MR) is 79.5 cm³/mol. The van der Waals surface area contributed by atoms with Gasteiger partial charge < -0.3 is 14.5 Å². The summed E-state index contributed by atoms with van der Waals surface area (Å²) in [5.74, 6) is 0.786. The van der Waals surface area contributed by atoms with Crippen LogP contribution in [0.2, 0.25) is 5.02 Å². The molecule has 2 rings (SSSR count). The van der Waals surface area contributed by atoms with Crippen molar-refractivity contribution in [3.63, 3.8) is 0 Å². The molecule has 5 heteroatoms. The number of nitrogens with one attached hydrogen (secondary N) is 1. The van der Waals surface area contributed by atoms with Crippen LogP contribution in [-0.2, 0) is 4.79 Å². The molecule has 0 radical (unpaired) electrons. The highest BCUT2D eigenvalue weighted by atomic mass is 35.5. The SMILES string of the molecule is Cc1cc(Cl)ccc1OCC(=O)N1CCC[NH+](C)CC1. The Hall–Kier alpha value is -1.26. The van der Waals surface area contributed by atoms with Crippen LogP contribution in [0.4, 0.5) is 0 Å². The summed E-state index contributed by atoms with van der Waals surface area (Å²) in [6.45, 7) is 5.80. The normalized spacial score (nSPS) is 19.6. The first-order chi connectivity index (χ1) is 9.56. The van der Waals surface area contributed by atoms with Crippen molar-refractivity contribution in [1.82, 2.24) is 4.90 Å². The maximum atomic E-state index is 12.2. The van der Waals surface area contributed by atoms with Crippen molar-refractivity contribution >= 4 is 17.5 Å². The third-order valence-corrected chi connectivity index (χ3v) is 3.92. The minimum absolute atomic E-state index is 0.0639. The number of carbonyl (C=O) groups is 1. The topological polar surface area (TPSA) is 34.0 Å². The molecule has 1 aromatic rings. The summed E-state index contributed by atoms with van der Waals surface area (Å²) in [7, 11) is 2.17. The van der Waals surface area contributed by atoms with Crippen molar-refractivity contribution in [1.29, 1.82) is 0 Å². The second-order valence-corrected chi connectivity index (χ2v) is 5.83. The number of nitrogens with zero attached hydrogens (tertiary/aromatic N) is 1.